The van der Waals surface area contributed by atoms with Crippen LogP contribution < -0.4 is 5.56 Å². The number of aromatic nitrogens is 1. The molecule has 0 saturated carbocycles. The zero-order valence-electron chi connectivity index (χ0n) is 7.18. The van der Waals surface area contributed by atoms with Crippen molar-refractivity contribution in [1.29, 1.82) is 0 Å². The molecular weight excluding hydrogens is 178 g/mol. The van der Waals surface area contributed by atoms with Crippen LogP contribution in [-0.4, -0.2) is 9.94 Å². The summed E-state index contributed by atoms with van der Waals surface area (Å²) in [5, 5.41) is 9.65. The lowest BCUT2D eigenvalue weighted by molar-refractivity contribution is 0.167. The smallest absolute Gasteiger partial charge is 0.286 e. The fourth-order valence-electron chi connectivity index (χ4n) is 1.00. The highest BCUT2D eigenvalue weighted by Crippen LogP contribution is 2.19. The molecule has 0 saturated heterocycles. The van der Waals surface area contributed by atoms with Crippen LogP contribution in [0.5, 0.6) is 0 Å². The van der Waals surface area contributed by atoms with Crippen LogP contribution in [0.25, 0.3) is 0 Å². The van der Waals surface area contributed by atoms with Crippen molar-refractivity contribution in [2.75, 3.05) is 0 Å². The van der Waals surface area contributed by atoms with Gasteiger partial charge in [-0.3, -0.25) is 4.79 Å². The molecule has 0 aliphatic carbocycles. The highest BCUT2D eigenvalue weighted by Gasteiger charge is 2.10. The molecule has 1 heterocycles. The maximum Gasteiger partial charge on any atom is 0.286 e. The van der Waals surface area contributed by atoms with Crippen molar-refractivity contribution in [1.82, 2.24) is 4.73 Å². The Morgan fingerprint density at radius 1 is 1.25 bits per heavy atom. The lowest BCUT2D eigenvalue weighted by atomic mass is 10.1. The zero-order valence-corrected chi connectivity index (χ0v) is 7.94. The van der Waals surface area contributed by atoms with Gasteiger partial charge >= 0.3 is 0 Å². The minimum absolute atomic E-state index is 0.379. The predicted molar refractivity (Wildman–Crippen MR) is 47.1 cm³/mol. The van der Waals surface area contributed by atoms with Gasteiger partial charge in [-0.2, -0.15) is 4.73 Å². The van der Waals surface area contributed by atoms with Crippen molar-refractivity contribution in [2.24, 2.45) is 0 Å². The van der Waals surface area contributed by atoms with E-state index >= 15 is 0 Å². The Kier molecular flexibility index (Phi) is 2.15. The van der Waals surface area contributed by atoms with Crippen molar-refractivity contribution in [3.63, 3.8) is 0 Å². The van der Waals surface area contributed by atoms with E-state index in [4.69, 9.17) is 11.6 Å². The lowest BCUT2D eigenvalue weighted by Gasteiger charge is -2.08. The molecule has 0 radical (unpaired) electrons. The molecule has 0 unspecified atom stereocenters. The van der Waals surface area contributed by atoms with Crippen LogP contribution in [-0.2, 0) is 0 Å². The average Bonchev–Trinajstić information content (AvgIpc) is 2.08. The Balaban J connectivity index is 3.73. The number of hydrogen-bond donors (Lipinski definition) is 1. The highest BCUT2D eigenvalue weighted by atomic mass is 35.5. The molecule has 1 aromatic rings. The van der Waals surface area contributed by atoms with E-state index in [1.165, 1.54) is 0 Å². The third-order valence-corrected chi connectivity index (χ3v) is 2.60. The van der Waals surface area contributed by atoms with E-state index in [0.717, 1.165) is 5.56 Å². The van der Waals surface area contributed by atoms with Crippen LogP contribution in [0.4, 0.5) is 0 Å². The maximum atomic E-state index is 11.2. The molecule has 0 atom stereocenters. The number of rotatable bonds is 0. The second-order valence-electron chi connectivity index (χ2n) is 2.77. The zero-order chi connectivity index (χ0) is 9.46. The van der Waals surface area contributed by atoms with Crippen molar-refractivity contribution in [3.8, 4) is 0 Å². The third-order valence-electron chi connectivity index (χ3n) is 2.04. The first-order valence-electron chi connectivity index (χ1n) is 3.54. The van der Waals surface area contributed by atoms with E-state index in [0.29, 0.717) is 21.0 Å². The van der Waals surface area contributed by atoms with Gasteiger partial charge in [0.1, 0.15) is 0 Å². The molecular formula is C8H10ClNO2. The van der Waals surface area contributed by atoms with Gasteiger partial charge in [-0.1, -0.05) is 11.6 Å². The molecule has 66 valence electrons. The standard InChI is InChI=1S/C8H10ClNO2/c1-4-5(2)8(11)10(12)6(3)7(4)9/h12H,1-3H3. The number of halogens is 1. The van der Waals surface area contributed by atoms with E-state index in [2.05, 4.69) is 0 Å². The molecule has 0 spiro atoms. The van der Waals surface area contributed by atoms with Gasteiger partial charge in [0, 0.05) is 5.56 Å². The Hall–Kier alpha value is -0.960. The van der Waals surface area contributed by atoms with E-state index in [1.54, 1.807) is 20.8 Å². The van der Waals surface area contributed by atoms with Gasteiger partial charge in [-0.25, -0.2) is 0 Å². The summed E-state index contributed by atoms with van der Waals surface area (Å²) < 4.78 is 0.574. The van der Waals surface area contributed by atoms with Crippen molar-refractivity contribution < 1.29 is 5.21 Å². The van der Waals surface area contributed by atoms with Crippen molar-refractivity contribution >= 4 is 11.6 Å². The van der Waals surface area contributed by atoms with Gasteiger partial charge < -0.3 is 5.21 Å². The summed E-state index contributed by atoms with van der Waals surface area (Å²) in [6.07, 6.45) is 0. The summed E-state index contributed by atoms with van der Waals surface area (Å²) >= 11 is 5.84. The minimum Gasteiger partial charge on any atom is -0.425 e. The molecule has 3 nitrogen and oxygen atoms in total. The molecule has 12 heavy (non-hydrogen) atoms. The molecule has 0 aromatic carbocycles. The molecule has 0 aliphatic rings. The van der Waals surface area contributed by atoms with E-state index < -0.39 is 5.56 Å². The predicted octanol–water partition coefficient (Wildman–Crippen LogP) is 1.66. The second-order valence-corrected chi connectivity index (χ2v) is 3.14. The van der Waals surface area contributed by atoms with Gasteiger partial charge in [0.25, 0.3) is 5.56 Å². The van der Waals surface area contributed by atoms with Gasteiger partial charge in [-0.15, -0.1) is 0 Å². The molecule has 0 bridgehead atoms. The van der Waals surface area contributed by atoms with Crippen LogP contribution in [0.15, 0.2) is 4.79 Å². The van der Waals surface area contributed by atoms with Crippen LogP contribution in [0.3, 0.4) is 0 Å². The van der Waals surface area contributed by atoms with Crippen LogP contribution in [0, 0.1) is 20.8 Å². The molecule has 0 aliphatic heterocycles. The number of hydrogen-bond acceptors (Lipinski definition) is 2. The van der Waals surface area contributed by atoms with Crippen LogP contribution in [0.2, 0.25) is 5.02 Å². The topological polar surface area (TPSA) is 42.2 Å². The first-order chi connectivity index (χ1) is 5.46. The largest absolute Gasteiger partial charge is 0.425 e. The summed E-state index contributed by atoms with van der Waals surface area (Å²) in [7, 11) is 0. The molecule has 1 rings (SSSR count). The van der Waals surface area contributed by atoms with E-state index in [-0.39, 0.29) is 0 Å². The average molecular weight is 188 g/mol. The third kappa shape index (κ3) is 1.10. The molecule has 4 heteroatoms. The Bertz CT molecular complexity index is 349. The summed E-state index contributed by atoms with van der Waals surface area (Å²) in [5.41, 5.74) is 1.18. The Labute approximate surface area is 75.2 Å². The first-order valence-corrected chi connectivity index (χ1v) is 3.92. The normalized spacial score (nSPS) is 10.3. The fraction of sp³-hybridized carbons (Fsp3) is 0.375. The number of pyridine rings is 1. The van der Waals surface area contributed by atoms with Crippen molar-refractivity contribution in [2.45, 2.75) is 20.8 Å². The van der Waals surface area contributed by atoms with Crippen molar-refractivity contribution in [3.05, 3.63) is 32.2 Å². The number of nitrogens with zero attached hydrogens (tertiary/aromatic N) is 1. The molecule has 1 aromatic heterocycles. The van der Waals surface area contributed by atoms with Crippen LogP contribution in [0.1, 0.15) is 16.8 Å². The summed E-state index contributed by atoms with van der Waals surface area (Å²) in [6.45, 7) is 4.98. The Morgan fingerprint density at radius 2 is 1.75 bits per heavy atom. The van der Waals surface area contributed by atoms with Gasteiger partial charge in [-0.05, 0) is 26.3 Å². The second kappa shape index (κ2) is 2.83. The fourth-order valence-corrected chi connectivity index (χ4v) is 1.22. The SMILES string of the molecule is Cc1c(Cl)c(C)n(O)c(=O)c1C. The minimum atomic E-state index is -0.408. The summed E-state index contributed by atoms with van der Waals surface area (Å²) in [4.78, 5) is 11.2. The summed E-state index contributed by atoms with van der Waals surface area (Å²) in [5.74, 6) is 0. The first kappa shape index (κ1) is 9.13. The van der Waals surface area contributed by atoms with Gasteiger partial charge in [0.15, 0.2) is 0 Å². The quantitative estimate of drug-likeness (QED) is 0.628. The maximum absolute atomic E-state index is 11.2. The molecule has 1 N–H and O–H groups in total. The Morgan fingerprint density at radius 3 is 2.25 bits per heavy atom. The molecule has 0 fully saturated rings. The van der Waals surface area contributed by atoms with E-state index in [9.17, 15) is 10.0 Å². The van der Waals surface area contributed by atoms with E-state index in [1.807, 2.05) is 0 Å². The van der Waals surface area contributed by atoms with Gasteiger partial charge in [0.05, 0.1) is 10.7 Å². The van der Waals surface area contributed by atoms with Gasteiger partial charge in [0.2, 0.25) is 0 Å². The van der Waals surface area contributed by atoms with Crippen LogP contribution >= 0.6 is 11.6 Å². The molecule has 0 amide bonds. The summed E-state index contributed by atoms with van der Waals surface area (Å²) in [6, 6.07) is 0. The highest BCUT2D eigenvalue weighted by molar-refractivity contribution is 6.32. The monoisotopic (exact) mass is 187 g/mol. The lowest BCUT2D eigenvalue weighted by Crippen LogP contribution is -2.23.